The summed E-state index contributed by atoms with van der Waals surface area (Å²) in [6.45, 7) is 1.42. The van der Waals surface area contributed by atoms with Crippen LogP contribution in [-0.2, 0) is 0 Å². The second kappa shape index (κ2) is 6.71. The largest absolute Gasteiger partial charge is 0.497 e. The zero-order valence-corrected chi connectivity index (χ0v) is 13.7. The molecule has 0 bridgehead atoms. The molecule has 0 spiro atoms. The van der Waals surface area contributed by atoms with Gasteiger partial charge >= 0.3 is 5.97 Å². The molecule has 2 aromatic carbocycles. The van der Waals surface area contributed by atoms with Gasteiger partial charge in [-0.1, -0.05) is 12.1 Å². The highest BCUT2D eigenvalue weighted by Crippen LogP contribution is 2.26. The number of esters is 1. The zero-order chi connectivity index (χ0) is 15.4. The van der Waals surface area contributed by atoms with Crippen LogP contribution < -0.4 is 9.47 Å². The fourth-order valence-electron chi connectivity index (χ4n) is 1.79. The van der Waals surface area contributed by atoms with E-state index in [0.717, 1.165) is 3.57 Å². The molecule has 4 nitrogen and oxygen atoms in total. The first-order chi connectivity index (χ1) is 10.0. The summed E-state index contributed by atoms with van der Waals surface area (Å²) in [6.07, 6.45) is 0. The number of Topliss-reactive ketones (excluding diaryl/α,β-unsaturated/α-hetero) is 1. The Bertz CT molecular complexity index is 694. The van der Waals surface area contributed by atoms with Crippen LogP contribution >= 0.6 is 22.6 Å². The Kier molecular flexibility index (Phi) is 4.95. The fourth-order valence-corrected chi connectivity index (χ4v) is 2.39. The van der Waals surface area contributed by atoms with Gasteiger partial charge in [-0.25, -0.2) is 4.79 Å². The van der Waals surface area contributed by atoms with Gasteiger partial charge in [0.25, 0.3) is 0 Å². The predicted octanol–water partition coefficient (Wildman–Crippen LogP) is 3.72. The van der Waals surface area contributed by atoms with Gasteiger partial charge < -0.3 is 9.47 Å². The molecule has 21 heavy (non-hydrogen) atoms. The Labute approximate surface area is 136 Å². The fraction of sp³-hybridized carbons (Fsp3) is 0.125. The number of hydrogen-bond donors (Lipinski definition) is 0. The lowest BCUT2D eigenvalue weighted by atomic mass is 10.1. The molecular weight excluding hydrogens is 383 g/mol. The Morgan fingerprint density at radius 3 is 2.38 bits per heavy atom. The number of methoxy groups -OCH3 is 1. The molecule has 2 rings (SSSR count). The monoisotopic (exact) mass is 396 g/mol. The van der Waals surface area contributed by atoms with Crippen molar-refractivity contribution in [2.24, 2.45) is 0 Å². The van der Waals surface area contributed by atoms with Crippen molar-refractivity contribution in [3.05, 3.63) is 57.2 Å². The molecule has 0 fully saturated rings. The minimum atomic E-state index is -0.504. The van der Waals surface area contributed by atoms with Gasteiger partial charge in [-0.15, -0.1) is 0 Å². The molecule has 0 amide bonds. The molecule has 0 N–H and O–H groups in total. The van der Waals surface area contributed by atoms with Crippen LogP contribution in [0, 0.1) is 3.57 Å². The minimum Gasteiger partial charge on any atom is -0.497 e. The highest BCUT2D eigenvalue weighted by molar-refractivity contribution is 14.1. The van der Waals surface area contributed by atoms with Gasteiger partial charge in [-0.05, 0) is 53.8 Å². The highest BCUT2D eigenvalue weighted by Gasteiger charge is 2.16. The van der Waals surface area contributed by atoms with E-state index in [0.29, 0.717) is 16.9 Å². The van der Waals surface area contributed by atoms with Crippen LogP contribution in [-0.4, -0.2) is 18.9 Å². The Hall–Kier alpha value is -1.89. The number of carbonyl (C=O) groups excluding carboxylic acids is 2. The van der Waals surface area contributed by atoms with Crippen LogP contribution in [0.15, 0.2) is 42.5 Å². The molecular formula is C16H13IO4. The van der Waals surface area contributed by atoms with Crippen molar-refractivity contribution in [1.82, 2.24) is 0 Å². The molecule has 0 atom stereocenters. The van der Waals surface area contributed by atoms with E-state index in [-0.39, 0.29) is 11.5 Å². The number of hydrogen-bond acceptors (Lipinski definition) is 4. The van der Waals surface area contributed by atoms with Gasteiger partial charge in [0.05, 0.1) is 18.2 Å². The Morgan fingerprint density at radius 2 is 1.76 bits per heavy atom. The summed E-state index contributed by atoms with van der Waals surface area (Å²) < 4.78 is 11.3. The van der Waals surface area contributed by atoms with Crippen molar-refractivity contribution in [3.8, 4) is 11.5 Å². The van der Waals surface area contributed by atoms with E-state index in [1.165, 1.54) is 20.1 Å². The quantitative estimate of drug-likeness (QED) is 0.342. The third-order valence-electron chi connectivity index (χ3n) is 2.86. The third-order valence-corrected chi connectivity index (χ3v) is 3.81. The third kappa shape index (κ3) is 3.60. The maximum Gasteiger partial charge on any atom is 0.344 e. The van der Waals surface area contributed by atoms with E-state index in [1.54, 1.807) is 24.3 Å². The van der Waals surface area contributed by atoms with E-state index in [1.807, 2.05) is 12.1 Å². The molecule has 0 aliphatic heterocycles. The minimum absolute atomic E-state index is 0.178. The molecule has 0 aromatic heterocycles. The summed E-state index contributed by atoms with van der Waals surface area (Å²) in [6, 6.07) is 11.9. The van der Waals surface area contributed by atoms with Crippen molar-refractivity contribution in [2.75, 3.05) is 7.11 Å². The van der Waals surface area contributed by atoms with Crippen LogP contribution in [0.5, 0.6) is 11.5 Å². The molecule has 0 aliphatic rings. The molecule has 0 heterocycles. The Morgan fingerprint density at radius 1 is 1.05 bits per heavy atom. The maximum absolute atomic E-state index is 12.2. The normalized spacial score (nSPS) is 10.0. The Balaban J connectivity index is 2.36. The molecule has 0 radical (unpaired) electrons. The standard InChI is InChI=1S/C16H13IO4/c1-10(18)12-8-7-11(20-2)9-15(12)21-16(19)13-5-3-4-6-14(13)17/h3-9H,1-2H3. The molecule has 0 saturated heterocycles. The van der Waals surface area contributed by atoms with Gasteiger partial charge in [0.1, 0.15) is 11.5 Å². The van der Waals surface area contributed by atoms with E-state index >= 15 is 0 Å². The SMILES string of the molecule is COc1ccc(C(C)=O)c(OC(=O)c2ccccc2I)c1. The lowest BCUT2D eigenvalue weighted by molar-refractivity contribution is 0.0731. The van der Waals surface area contributed by atoms with E-state index in [4.69, 9.17) is 9.47 Å². The summed E-state index contributed by atoms with van der Waals surface area (Å²) in [5, 5.41) is 0. The lowest BCUT2D eigenvalue weighted by Crippen LogP contribution is -2.12. The van der Waals surface area contributed by atoms with Gasteiger partial charge in [-0.3, -0.25) is 4.79 Å². The molecule has 0 aliphatic carbocycles. The van der Waals surface area contributed by atoms with Crippen LogP contribution in [0.2, 0.25) is 0 Å². The van der Waals surface area contributed by atoms with Crippen molar-refractivity contribution in [1.29, 1.82) is 0 Å². The number of ether oxygens (including phenoxy) is 2. The van der Waals surface area contributed by atoms with Gasteiger partial charge in [-0.2, -0.15) is 0 Å². The first kappa shape index (κ1) is 15.5. The van der Waals surface area contributed by atoms with Gasteiger partial charge in [0.2, 0.25) is 0 Å². The molecule has 0 unspecified atom stereocenters. The first-order valence-electron chi connectivity index (χ1n) is 6.18. The topological polar surface area (TPSA) is 52.6 Å². The van der Waals surface area contributed by atoms with Crippen molar-refractivity contribution in [2.45, 2.75) is 6.92 Å². The number of ketones is 1. The summed E-state index contributed by atoms with van der Waals surface area (Å²) >= 11 is 2.06. The van der Waals surface area contributed by atoms with Crippen LogP contribution in [0.3, 0.4) is 0 Å². The summed E-state index contributed by atoms with van der Waals surface area (Å²) in [5.41, 5.74) is 0.797. The molecule has 0 saturated carbocycles. The molecule has 5 heteroatoms. The second-order valence-corrected chi connectivity index (χ2v) is 5.45. The lowest BCUT2D eigenvalue weighted by Gasteiger charge is -2.10. The van der Waals surface area contributed by atoms with Crippen LogP contribution in [0.25, 0.3) is 0 Å². The number of halogens is 1. The number of rotatable bonds is 4. The van der Waals surface area contributed by atoms with E-state index < -0.39 is 5.97 Å². The average molecular weight is 396 g/mol. The summed E-state index contributed by atoms with van der Waals surface area (Å²) in [4.78, 5) is 23.8. The number of carbonyl (C=O) groups is 2. The summed E-state index contributed by atoms with van der Waals surface area (Å²) in [5.74, 6) is 0.0380. The van der Waals surface area contributed by atoms with Crippen LogP contribution in [0.1, 0.15) is 27.6 Å². The smallest absolute Gasteiger partial charge is 0.344 e. The van der Waals surface area contributed by atoms with Gasteiger partial charge in [0, 0.05) is 9.64 Å². The van der Waals surface area contributed by atoms with Crippen LogP contribution in [0.4, 0.5) is 0 Å². The molecule has 2 aromatic rings. The summed E-state index contributed by atoms with van der Waals surface area (Å²) in [7, 11) is 1.51. The second-order valence-electron chi connectivity index (χ2n) is 4.29. The van der Waals surface area contributed by atoms with E-state index in [2.05, 4.69) is 22.6 Å². The zero-order valence-electron chi connectivity index (χ0n) is 11.6. The molecule has 108 valence electrons. The highest BCUT2D eigenvalue weighted by atomic mass is 127. The predicted molar refractivity (Wildman–Crippen MR) is 87.1 cm³/mol. The first-order valence-corrected chi connectivity index (χ1v) is 7.26. The van der Waals surface area contributed by atoms with Crippen molar-refractivity contribution in [3.63, 3.8) is 0 Å². The number of benzene rings is 2. The van der Waals surface area contributed by atoms with Crippen molar-refractivity contribution < 1.29 is 19.1 Å². The van der Waals surface area contributed by atoms with Crippen molar-refractivity contribution >= 4 is 34.3 Å². The van der Waals surface area contributed by atoms with E-state index in [9.17, 15) is 9.59 Å². The average Bonchev–Trinajstić information content (AvgIpc) is 2.47. The maximum atomic E-state index is 12.2. The van der Waals surface area contributed by atoms with Gasteiger partial charge in [0.15, 0.2) is 5.78 Å².